The van der Waals surface area contributed by atoms with E-state index < -0.39 is 0 Å². The van der Waals surface area contributed by atoms with Gasteiger partial charge in [0.1, 0.15) is 5.75 Å². The lowest BCUT2D eigenvalue weighted by Gasteiger charge is -2.04. The average molecular weight is 262 g/mol. The van der Waals surface area contributed by atoms with Gasteiger partial charge in [0, 0.05) is 12.0 Å². The van der Waals surface area contributed by atoms with Crippen LogP contribution in [0, 0.1) is 0 Å². The Kier molecular flexibility index (Phi) is 3.53. The van der Waals surface area contributed by atoms with E-state index >= 15 is 0 Å². The Balaban J connectivity index is 2.19. The molecule has 2 aromatic rings. The van der Waals surface area contributed by atoms with Crippen molar-refractivity contribution in [3.63, 3.8) is 0 Å². The van der Waals surface area contributed by atoms with Crippen LogP contribution in [-0.2, 0) is 6.42 Å². The number of phenolic OH excluding ortho intramolecular Hbond substituents is 1. The van der Waals surface area contributed by atoms with E-state index in [2.05, 4.69) is 0 Å². The topological polar surface area (TPSA) is 63.3 Å². The molecule has 2 aromatic carbocycles. The van der Waals surface area contributed by atoms with Crippen LogP contribution in [0.4, 0.5) is 5.69 Å². The van der Waals surface area contributed by atoms with Gasteiger partial charge in [0.05, 0.1) is 10.7 Å². The molecule has 0 aliphatic heterocycles. The fraction of sp³-hybridized carbons (Fsp3) is 0.0714. The summed E-state index contributed by atoms with van der Waals surface area (Å²) in [4.78, 5) is 12.0. The number of phenols is 1. The zero-order valence-electron chi connectivity index (χ0n) is 9.56. The fourth-order valence-corrected chi connectivity index (χ4v) is 1.84. The zero-order chi connectivity index (χ0) is 13.1. The molecule has 0 aliphatic carbocycles. The number of aromatic hydroxyl groups is 1. The van der Waals surface area contributed by atoms with Gasteiger partial charge in [0.15, 0.2) is 5.78 Å². The van der Waals surface area contributed by atoms with Crippen molar-refractivity contribution in [1.82, 2.24) is 0 Å². The van der Waals surface area contributed by atoms with Crippen LogP contribution in [0.3, 0.4) is 0 Å². The number of carbonyl (C=O) groups is 1. The van der Waals surface area contributed by atoms with Gasteiger partial charge in [0.25, 0.3) is 0 Å². The summed E-state index contributed by atoms with van der Waals surface area (Å²) in [6.45, 7) is 0. The Bertz CT molecular complexity index is 596. The third-order valence-electron chi connectivity index (χ3n) is 2.60. The third-order valence-corrected chi connectivity index (χ3v) is 2.92. The van der Waals surface area contributed by atoms with E-state index in [1.54, 1.807) is 42.5 Å². The van der Waals surface area contributed by atoms with Crippen LogP contribution in [0.15, 0.2) is 42.5 Å². The number of nitrogen functional groups attached to an aromatic ring is 1. The van der Waals surface area contributed by atoms with E-state index in [9.17, 15) is 9.90 Å². The molecule has 0 unspecified atom stereocenters. The number of benzene rings is 2. The number of hydrogen-bond acceptors (Lipinski definition) is 3. The molecule has 0 fully saturated rings. The van der Waals surface area contributed by atoms with Gasteiger partial charge in [-0.3, -0.25) is 4.79 Å². The van der Waals surface area contributed by atoms with Crippen LogP contribution in [-0.4, -0.2) is 10.9 Å². The summed E-state index contributed by atoms with van der Waals surface area (Å²) < 4.78 is 0. The molecule has 3 nitrogen and oxygen atoms in total. The zero-order valence-corrected chi connectivity index (χ0v) is 10.3. The molecule has 0 aliphatic rings. The van der Waals surface area contributed by atoms with E-state index in [0.29, 0.717) is 16.3 Å². The molecule has 0 atom stereocenters. The van der Waals surface area contributed by atoms with Gasteiger partial charge < -0.3 is 10.8 Å². The van der Waals surface area contributed by atoms with Gasteiger partial charge in [-0.05, 0) is 35.9 Å². The second-order valence-electron chi connectivity index (χ2n) is 4.01. The molecule has 0 aromatic heterocycles. The SMILES string of the molecule is Nc1ccc(C(=O)Cc2cccc(O)c2)cc1Cl. The van der Waals surface area contributed by atoms with Crippen LogP contribution in [0.2, 0.25) is 5.02 Å². The first-order valence-electron chi connectivity index (χ1n) is 5.42. The fourth-order valence-electron chi connectivity index (χ4n) is 1.65. The highest BCUT2D eigenvalue weighted by molar-refractivity contribution is 6.33. The quantitative estimate of drug-likeness (QED) is 0.659. The Labute approximate surface area is 110 Å². The molecule has 0 saturated heterocycles. The standard InChI is InChI=1S/C14H12ClNO2/c15-12-8-10(4-5-13(12)16)14(18)7-9-2-1-3-11(17)6-9/h1-6,8,17H,7,16H2. The molecule has 3 N–H and O–H groups in total. The van der Waals surface area contributed by atoms with Gasteiger partial charge in [0.2, 0.25) is 0 Å². The summed E-state index contributed by atoms with van der Waals surface area (Å²) in [7, 11) is 0. The summed E-state index contributed by atoms with van der Waals surface area (Å²) in [6, 6.07) is 11.4. The highest BCUT2D eigenvalue weighted by atomic mass is 35.5. The molecular formula is C14H12ClNO2. The lowest BCUT2D eigenvalue weighted by atomic mass is 10.0. The summed E-state index contributed by atoms with van der Waals surface area (Å²) in [5.74, 6) is 0.0816. The predicted octanol–water partition coefficient (Wildman–Crippen LogP) is 3.05. The minimum atomic E-state index is -0.0671. The molecule has 2 rings (SSSR count). The second-order valence-corrected chi connectivity index (χ2v) is 4.41. The van der Waals surface area contributed by atoms with Crippen molar-refractivity contribution in [1.29, 1.82) is 0 Å². The summed E-state index contributed by atoms with van der Waals surface area (Å²) in [5, 5.41) is 9.70. The molecule has 0 bridgehead atoms. The van der Waals surface area contributed by atoms with Crippen LogP contribution in [0.25, 0.3) is 0 Å². The first-order chi connectivity index (χ1) is 8.56. The molecule has 0 spiro atoms. The number of rotatable bonds is 3. The lowest BCUT2D eigenvalue weighted by molar-refractivity contribution is 0.0993. The molecule has 4 heteroatoms. The number of ketones is 1. The van der Waals surface area contributed by atoms with Gasteiger partial charge in [-0.15, -0.1) is 0 Å². The number of anilines is 1. The summed E-state index contributed by atoms with van der Waals surface area (Å²) in [5.41, 5.74) is 7.30. The molecule has 0 saturated carbocycles. The van der Waals surface area contributed by atoms with E-state index in [4.69, 9.17) is 17.3 Å². The van der Waals surface area contributed by atoms with Crippen molar-refractivity contribution in [2.24, 2.45) is 0 Å². The largest absolute Gasteiger partial charge is 0.508 e. The maximum atomic E-state index is 12.0. The molecule has 0 radical (unpaired) electrons. The molecule has 18 heavy (non-hydrogen) atoms. The van der Waals surface area contributed by atoms with Crippen molar-refractivity contribution < 1.29 is 9.90 Å². The Morgan fingerprint density at radius 1 is 1.22 bits per heavy atom. The Morgan fingerprint density at radius 2 is 2.00 bits per heavy atom. The minimum absolute atomic E-state index is 0.0671. The number of nitrogens with two attached hydrogens (primary N) is 1. The number of carbonyl (C=O) groups excluding carboxylic acids is 1. The van der Waals surface area contributed by atoms with Crippen molar-refractivity contribution in [2.45, 2.75) is 6.42 Å². The predicted molar refractivity (Wildman–Crippen MR) is 72.0 cm³/mol. The summed E-state index contributed by atoms with van der Waals surface area (Å²) >= 11 is 5.87. The maximum Gasteiger partial charge on any atom is 0.167 e. The maximum absolute atomic E-state index is 12.0. The van der Waals surface area contributed by atoms with Crippen LogP contribution in [0.5, 0.6) is 5.75 Å². The van der Waals surface area contributed by atoms with Crippen LogP contribution >= 0.6 is 11.6 Å². The molecule has 92 valence electrons. The average Bonchev–Trinajstić information content (AvgIpc) is 2.32. The van der Waals surface area contributed by atoms with Crippen molar-refractivity contribution >= 4 is 23.1 Å². The van der Waals surface area contributed by atoms with Crippen molar-refractivity contribution in [3.05, 3.63) is 58.6 Å². The van der Waals surface area contributed by atoms with E-state index in [-0.39, 0.29) is 18.0 Å². The highest BCUT2D eigenvalue weighted by Crippen LogP contribution is 2.21. The minimum Gasteiger partial charge on any atom is -0.508 e. The van der Waals surface area contributed by atoms with E-state index in [1.807, 2.05) is 0 Å². The van der Waals surface area contributed by atoms with Crippen molar-refractivity contribution in [2.75, 3.05) is 5.73 Å². The first-order valence-corrected chi connectivity index (χ1v) is 5.80. The molecule has 0 heterocycles. The Morgan fingerprint density at radius 3 is 2.67 bits per heavy atom. The normalized spacial score (nSPS) is 10.3. The second kappa shape index (κ2) is 5.10. The summed E-state index contributed by atoms with van der Waals surface area (Å²) in [6.07, 6.45) is 0.217. The number of halogens is 1. The van der Waals surface area contributed by atoms with E-state index in [0.717, 1.165) is 5.56 Å². The first kappa shape index (κ1) is 12.5. The van der Waals surface area contributed by atoms with E-state index in [1.165, 1.54) is 0 Å². The smallest absolute Gasteiger partial charge is 0.167 e. The molecular weight excluding hydrogens is 250 g/mol. The van der Waals surface area contributed by atoms with Gasteiger partial charge in [-0.2, -0.15) is 0 Å². The van der Waals surface area contributed by atoms with Gasteiger partial charge >= 0.3 is 0 Å². The lowest BCUT2D eigenvalue weighted by Crippen LogP contribution is -2.04. The number of Topliss-reactive ketones (excluding diaryl/α,β-unsaturated/α-hetero) is 1. The van der Waals surface area contributed by atoms with Gasteiger partial charge in [-0.1, -0.05) is 23.7 Å². The third kappa shape index (κ3) is 2.81. The monoisotopic (exact) mass is 261 g/mol. The number of hydrogen-bond donors (Lipinski definition) is 2. The van der Waals surface area contributed by atoms with Crippen LogP contribution < -0.4 is 5.73 Å². The Hall–Kier alpha value is -2.00. The van der Waals surface area contributed by atoms with Crippen molar-refractivity contribution in [3.8, 4) is 5.75 Å². The molecule has 0 amide bonds. The highest BCUT2D eigenvalue weighted by Gasteiger charge is 2.09. The van der Waals surface area contributed by atoms with Crippen LogP contribution in [0.1, 0.15) is 15.9 Å². The van der Waals surface area contributed by atoms with Gasteiger partial charge in [-0.25, -0.2) is 0 Å².